The average molecular weight is 414 g/mol. The molecule has 0 spiro atoms. The summed E-state index contributed by atoms with van der Waals surface area (Å²) in [5.41, 5.74) is 2.76. The topological polar surface area (TPSA) is 26.6 Å². The van der Waals surface area contributed by atoms with E-state index in [0.717, 1.165) is 25.8 Å². The molecule has 0 saturated heterocycles. The molecule has 0 aliphatic rings. The van der Waals surface area contributed by atoms with Gasteiger partial charge in [-0.05, 0) is 36.8 Å². The minimum atomic E-state index is 0.401. The molecular formula is C27H33N4+. The van der Waals surface area contributed by atoms with Crippen molar-refractivity contribution in [3.05, 3.63) is 109 Å². The highest BCUT2D eigenvalue weighted by atomic mass is 15.1. The van der Waals surface area contributed by atoms with Crippen LogP contribution in [-0.2, 0) is 6.54 Å². The third kappa shape index (κ3) is 5.52. The largest absolute Gasteiger partial charge is 0.334 e. The summed E-state index contributed by atoms with van der Waals surface area (Å²) in [6.07, 6.45) is 15.9. The molecule has 3 atom stereocenters. The van der Waals surface area contributed by atoms with E-state index in [-0.39, 0.29) is 0 Å². The molecule has 3 unspecified atom stereocenters. The Balaban J connectivity index is 1.47. The van der Waals surface area contributed by atoms with Crippen LogP contribution in [-0.4, -0.2) is 14.1 Å². The summed E-state index contributed by atoms with van der Waals surface area (Å²) in [6, 6.07) is 22.4. The maximum Gasteiger partial charge on any atom is 0.244 e. The Morgan fingerprint density at radius 1 is 0.903 bits per heavy atom. The number of benzene rings is 2. The lowest BCUT2D eigenvalue weighted by Crippen LogP contribution is -2.31. The average Bonchev–Trinajstić information content (AvgIpc) is 3.50. The number of hydrogen-bond donors (Lipinski definition) is 0. The van der Waals surface area contributed by atoms with E-state index < -0.39 is 0 Å². The second kappa shape index (κ2) is 10.3. The van der Waals surface area contributed by atoms with Crippen molar-refractivity contribution in [2.75, 3.05) is 0 Å². The highest BCUT2D eigenvalue weighted by Gasteiger charge is 2.23. The molecule has 2 heterocycles. The molecule has 0 aliphatic heterocycles. The highest BCUT2D eigenvalue weighted by Crippen LogP contribution is 2.33. The van der Waals surface area contributed by atoms with Gasteiger partial charge in [0.25, 0.3) is 0 Å². The van der Waals surface area contributed by atoms with Gasteiger partial charge in [0, 0.05) is 24.9 Å². The Bertz CT molecular complexity index is 1020. The van der Waals surface area contributed by atoms with Gasteiger partial charge in [-0.25, -0.2) is 14.1 Å². The van der Waals surface area contributed by atoms with E-state index >= 15 is 0 Å². The maximum absolute atomic E-state index is 4.33. The van der Waals surface area contributed by atoms with Crippen molar-refractivity contribution in [1.29, 1.82) is 0 Å². The van der Waals surface area contributed by atoms with Crippen LogP contribution in [0.4, 0.5) is 0 Å². The van der Waals surface area contributed by atoms with Crippen LogP contribution in [0.1, 0.15) is 62.2 Å². The lowest BCUT2D eigenvalue weighted by atomic mass is 9.88. The molecule has 0 radical (unpaired) electrons. The van der Waals surface area contributed by atoms with Crippen molar-refractivity contribution in [1.82, 2.24) is 14.1 Å². The first kappa shape index (κ1) is 21.1. The Morgan fingerprint density at radius 2 is 1.65 bits per heavy atom. The first-order valence-corrected chi connectivity index (χ1v) is 11.4. The smallest absolute Gasteiger partial charge is 0.244 e. The van der Waals surface area contributed by atoms with Gasteiger partial charge >= 0.3 is 0 Å². The summed E-state index contributed by atoms with van der Waals surface area (Å²) in [5, 5.41) is 0. The van der Waals surface area contributed by atoms with Crippen LogP contribution in [0, 0.1) is 0 Å². The molecule has 4 aromatic rings. The first-order chi connectivity index (χ1) is 15.2. The van der Waals surface area contributed by atoms with Gasteiger partial charge in [-0.15, -0.1) is 0 Å². The Hall–Kier alpha value is -3.14. The number of aromatic nitrogens is 4. The van der Waals surface area contributed by atoms with Crippen LogP contribution in [0.15, 0.2) is 98.1 Å². The molecule has 0 amide bonds. The van der Waals surface area contributed by atoms with Crippen molar-refractivity contribution in [3.8, 4) is 0 Å². The third-order valence-electron chi connectivity index (χ3n) is 6.31. The van der Waals surface area contributed by atoms with E-state index in [9.17, 15) is 0 Å². The standard InChI is InChI=1S/C27H33N4/c1-3-25(26-12-8-5-9-13-26)19-27(30-15-14-28-21-30)18-23(2)31-17-16-29(22-31)20-24-10-6-4-7-11-24/h4-17,21-23,25,27H,3,18-20H2,1-2H3/q+1. The molecule has 4 rings (SSSR count). The summed E-state index contributed by atoms with van der Waals surface area (Å²) in [7, 11) is 0. The van der Waals surface area contributed by atoms with Crippen LogP contribution < -0.4 is 4.57 Å². The lowest BCUT2D eigenvalue weighted by Gasteiger charge is -2.26. The molecule has 2 aromatic heterocycles. The van der Waals surface area contributed by atoms with Crippen molar-refractivity contribution < 1.29 is 4.57 Å². The van der Waals surface area contributed by atoms with Crippen LogP contribution in [0.25, 0.3) is 0 Å². The fraction of sp³-hybridized carbons (Fsp3) is 0.333. The zero-order valence-electron chi connectivity index (χ0n) is 18.6. The summed E-state index contributed by atoms with van der Waals surface area (Å²) in [4.78, 5) is 4.33. The van der Waals surface area contributed by atoms with Crippen molar-refractivity contribution in [2.24, 2.45) is 0 Å². The second-order valence-electron chi connectivity index (χ2n) is 8.52. The second-order valence-corrected chi connectivity index (χ2v) is 8.52. The molecule has 0 saturated carbocycles. The minimum Gasteiger partial charge on any atom is -0.334 e. The summed E-state index contributed by atoms with van der Waals surface area (Å²) in [5.74, 6) is 0.550. The molecule has 4 heteroatoms. The summed E-state index contributed by atoms with van der Waals surface area (Å²) < 4.78 is 6.90. The van der Waals surface area contributed by atoms with Crippen LogP contribution >= 0.6 is 0 Å². The molecule has 0 bridgehead atoms. The molecule has 0 fully saturated rings. The number of hydrogen-bond acceptors (Lipinski definition) is 1. The number of imidazole rings is 2. The Morgan fingerprint density at radius 3 is 2.32 bits per heavy atom. The van der Waals surface area contributed by atoms with Gasteiger partial charge in [0.2, 0.25) is 6.33 Å². The van der Waals surface area contributed by atoms with Gasteiger partial charge in [-0.3, -0.25) is 0 Å². The van der Waals surface area contributed by atoms with E-state index in [0.29, 0.717) is 18.0 Å². The molecule has 2 aromatic carbocycles. The molecule has 0 N–H and O–H groups in total. The maximum atomic E-state index is 4.33. The fourth-order valence-electron chi connectivity index (χ4n) is 4.49. The molecular weight excluding hydrogens is 380 g/mol. The third-order valence-corrected chi connectivity index (χ3v) is 6.31. The van der Waals surface area contributed by atoms with E-state index in [2.05, 4.69) is 118 Å². The van der Waals surface area contributed by atoms with Crippen LogP contribution in [0.5, 0.6) is 0 Å². The molecule has 4 nitrogen and oxygen atoms in total. The van der Waals surface area contributed by atoms with E-state index in [1.165, 1.54) is 11.1 Å². The molecule has 31 heavy (non-hydrogen) atoms. The van der Waals surface area contributed by atoms with Gasteiger partial charge in [0.05, 0.1) is 12.4 Å². The zero-order chi connectivity index (χ0) is 21.5. The monoisotopic (exact) mass is 413 g/mol. The quantitative estimate of drug-likeness (QED) is 0.302. The number of nitrogens with zero attached hydrogens (tertiary/aromatic N) is 4. The van der Waals surface area contributed by atoms with Crippen molar-refractivity contribution in [2.45, 2.75) is 57.7 Å². The van der Waals surface area contributed by atoms with Crippen molar-refractivity contribution >= 4 is 0 Å². The van der Waals surface area contributed by atoms with Gasteiger partial charge in [-0.2, -0.15) is 0 Å². The summed E-state index contributed by atoms with van der Waals surface area (Å²) >= 11 is 0. The lowest BCUT2D eigenvalue weighted by molar-refractivity contribution is -0.688. The van der Waals surface area contributed by atoms with E-state index in [1.54, 1.807) is 0 Å². The number of rotatable bonds is 10. The van der Waals surface area contributed by atoms with Crippen molar-refractivity contribution in [3.63, 3.8) is 0 Å². The van der Waals surface area contributed by atoms with Gasteiger partial charge in [-0.1, -0.05) is 67.6 Å². The highest BCUT2D eigenvalue weighted by molar-refractivity contribution is 5.19. The van der Waals surface area contributed by atoms with Gasteiger partial charge in [0.15, 0.2) is 0 Å². The predicted molar refractivity (Wildman–Crippen MR) is 125 cm³/mol. The fourth-order valence-corrected chi connectivity index (χ4v) is 4.49. The van der Waals surface area contributed by atoms with E-state index in [1.807, 2.05) is 12.5 Å². The van der Waals surface area contributed by atoms with Crippen LogP contribution in [0.2, 0.25) is 0 Å². The Kier molecular flexibility index (Phi) is 6.98. The van der Waals surface area contributed by atoms with Gasteiger partial charge in [0.1, 0.15) is 18.9 Å². The normalized spacial score (nSPS) is 14.3. The van der Waals surface area contributed by atoms with Gasteiger partial charge < -0.3 is 4.57 Å². The zero-order valence-corrected chi connectivity index (χ0v) is 18.6. The predicted octanol–water partition coefficient (Wildman–Crippen LogP) is 5.80. The minimum absolute atomic E-state index is 0.401. The SMILES string of the molecule is CCC(CC(CC(C)n1cc[n+](Cc2ccccc2)c1)n1ccnc1)c1ccccc1. The Labute approximate surface area is 185 Å². The first-order valence-electron chi connectivity index (χ1n) is 11.4. The van der Waals surface area contributed by atoms with Crippen LogP contribution in [0.3, 0.4) is 0 Å². The molecule has 0 aliphatic carbocycles. The molecule has 160 valence electrons. The summed E-state index contributed by atoms with van der Waals surface area (Å²) in [6.45, 7) is 5.52. The van der Waals surface area contributed by atoms with E-state index in [4.69, 9.17) is 0 Å².